The molecule has 0 radical (unpaired) electrons. The SMILES string of the molecule is Clc1ncccc1OCc1ccnc2ccccc12. The van der Waals surface area contributed by atoms with E-state index in [0.29, 0.717) is 17.5 Å². The summed E-state index contributed by atoms with van der Waals surface area (Å²) in [6.45, 7) is 0.439. The van der Waals surface area contributed by atoms with Gasteiger partial charge in [0.05, 0.1) is 5.52 Å². The van der Waals surface area contributed by atoms with Crippen LogP contribution < -0.4 is 4.74 Å². The Hall–Kier alpha value is -2.13. The smallest absolute Gasteiger partial charge is 0.171 e. The minimum Gasteiger partial charge on any atom is -0.486 e. The lowest BCUT2D eigenvalue weighted by Gasteiger charge is -2.09. The number of halogens is 1. The zero-order valence-electron chi connectivity index (χ0n) is 10.1. The van der Waals surface area contributed by atoms with Crippen molar-refractivity contribution in [3.63, 3.8) is 0 Å². The van der Waals surface area contributed by atoms with Crippen LogP contribution in [0.4, 0.5) is 0 Å². The molecule has 3 nitrogen and oxygen atoms in total. The monoisotopic (exact) mass is 270 g/mol. The van der Waals surface area contributed by atoms with Gasteiger partial charge in [0.25, 0.3) is 0 Å². The molecule has 0 amide bonds. The van der Waals surface area contributed by atoms with E-state index in [9.17, 15) is 0 Å². The van der Waals surface area contributed by atoms with Crippen LogP contribution in [-0.4, -0.2) is 9.97 Å². The van der Waals surface area contributed by atoms with Gasteiger partial charge in [-0.25, -0.2) is 4.98 Å². The molecular weight excluding hydrogens is 260 g/mol. The molecule has 0 aliphatic rings. The van der Waals surface area contributed by atoms with Crippen LogP contribution in [-0.2, 0) is 6.61 Å². The molecule has 3 aromatic rings. The third kappa shape index (κ3) is 2.51. The Bertz CT molecular complexity index is 710. The lowest BCUT2D eigenvalue weighted by Crippen LogP contribution is -1.98. The molecule has 1 aromatic carbocycles. The minimum absolute atomic E-state index is 0.376. The van der Waals surface area contributed by atoms with Crippen LogP contribution in [0.1, 0.15) is 5.56 Å². The lowest BCUT2D eigenvalue weighted by molar-refractivity contribution is 0.306. The number of hydrogen-bond donors (Lipinski definition) is 0. The molecule has 2 aromatic heterocycles. The van der Waals surface area contributed by atoms with E-state index in [1.807, 2.05) is 30.3 Å². The topological polar surface area (TPSA) is 35.0 Å². The van der Waals surface area contributed by atoms with Gasteiger partial charge in [-0.15, -0.1) is 0 Å². The summed E-state index contributed by atoms with van der Waals surface area (Å²) >= 11 is 5.96. The molecule has 0 unspecified atom stereocenters. The average Bonchev–Trinajstić information content (AvgIpc) is 2.46. The number of nitrogens with zero attached hydrogens (tertiary/aromatic N) is 2. The molecule has 0 atom stereocenters. The van der Waals surface area contributed by atoms with E-state index in [0.717, 1.165) is 16.5 Å². The van der Waals surface area contributed by atoms with Crippen LogP contribution in [0, 0.1) is 0 Å². The van der Waals surface area contributed by atoms with Crippen LogP contribution in [0.2, 0.25) is 5.15 Å². The fraction of sp³-hybridized carbons (Fsp3) is 0.0667. The highest BCUT2D eigenvalue weighted by Crippen LogP contribution is 2.23. The standard InChI is InChI=1S/C15H11ClN2O/c16-15-14(6-3-8-18-15)19-10-11-7-9-17-13-5-2-1-4-12(11)13/h1-9H,10H2. The maximum atomic E-state index is 5.96. The molecule has 0 aliphatic carbocycles. The van der Waals surface area contributed by atoms with Gasteiger partial charge in [0.1, 0.15) is 6.61 Å². The van der Waals surface area contributed by atoms with Gasteiger partial charge in [0.15, 0.2) is 10.9 Å². The molecule has 3 rings (SSSR count). The van der Waals surface area contributed by atoms with E-state index in [1.165, 1.54) is 0 Å². The van der Waals surface area contributed by atoms with Crippen molar-refractivity contribution in [2.45, 2.75) is 6.61 Å². The normalized spacial score (nSPS) is 10.6. The van der Waals surface area contributed by atoms with Crippen molar-refractivity contribution in [3.05, 3.63) is 65.6 Å². The lowest BCUT2D eigenvalue weighted by atomic mass is 10.1. The van der Waals surface area contributed by atoms with Gasteiger partial charge in [-0.3, -0.25) is 4.98 Å². The summed E-state index contributed by atoms with van der Waals surface area (Å²) in [4.78, 5) is 8.30. The summed E-state index contributed by atoms with van der Waals surface area (Å²) in [5.41, 5.74) is 2.03. The molecule has 0 spiro atoms. The molecule has 2 heterocycles. The highest BCUT2D eigenvalue weighted by molar-refractivity contribution is 6.30. The molecule has 94 valence electrons. The summed E-state index contributed by atoms with van der Waals surface area (Å²) in [6, 6.07) is 13.5. The number of pyridine rings is 2. The molecule has 0 saturated carbocycles. The van der Waals surface area contributed by atoms with Gasteiger partial charge in [-0.05, 0) is 24.3 Å². The van der Waals surface area contributed by atoms with Gasteiger partial charge in [-0.2, -0.15) is 0 Å². The van der Waals surface area contributed by atoms with E-state index in [1.54, 1.807) is 24.5 Å². The van der Waals surface area contributed by atoms with Crippen molar-refractivity contribution in [3.8, 4) is 5.75 Å². The van der Waals surface area contributed by atoms with Crippen LogP contribution in [0.5, 0.6) is 5.75 Å². The molecule has 0 N–H and O–H groups in total. The third-order valence-electron chi connectivity index (χ3n) is 2.85. The quantitative estimate of drug-likeness (QED) is 0.678. The van der Waals surface area contributed by atoms with E-state index in [-0.39, 0.29) is 0 Å². The summed E-state index contributed by atoms with van der Waals surface area (Å²) in [7, 11) is 0. The predicted octanol–water partition coefficient (Wildman–Crippen LogP) is 3.86. The number of rotatable bonds is 3. The maximum absolute atomic E-state index is 5.96. The summed E-state index contributed by atoms with van der Waals surface area (Å²) in [5, 5.41) is 1.46. The van der Waals surface area contributed by atoms with Crippen LogP contribution in [0.15, 0.2) is 54.9 Å². The molecule has 19 heavy (non-hydrogen) atoms. The van der Waals surface area contributed by atoms with Gasteiger partial charge in [0.2, 0.25) is 0 Å². The highest BCUT2D eigenvalue weighted by atomic mass is 35.5. The molecule has 0 saturated heterocycles. The highest BCUT2D eigenvalue weighted by Gasteiger charge is 2.05. The van der Waals surface area contributed by atoms with Crippen LogP contribution in [0.3, 0.4) is 0 Å². The van der Waals surface area contributed by atoms with Gasteiger partial charge in [-0.1, -0.05) is 29.8 Å². The molecule has 0 fully saturated rings. The van der Waals surface area contributed by atoms with E-state index in [2.05, 4.69) is 9.97 Å². The van der Waals surface area contributed by atoms with E-state index < -0.39 is 0 Å². The summed E-state index contributed by atoms with van der Waals surface area (Å²) in [5.74, 6) is 0.588. The largest absolute Gasteiger partial charge is 0.486 e. The predicted molar refractivity (Wildman–Crippen MR) is 75.3 cm³/mol. The summed E-state index contributed by atoms with van der Waals surface area (Å²) in [6.07, 6.45) is 3.42. The molecular formula is C15H11ClN2O. The van der Waals surface area contributed by atoms with Crippen LogP contribution >= 0.6 is 11.6 Å². The van der Waals surface area contributed by atoms with Gasteiger partial charge < -0.3 is 4.74 Å². The Kier molecular flexibility index (Phi) is 3.29. The van der Waals surface area contributed by atoms with Gasteiger partial charge in [0, 0.05) is 23.3 Å². The number of benzene rings is 1. The Morgan fingerprint density at radius 3 is 2.74 bits per heavy atom. The average molecular weight is 271 g/mol. The fourth-order valence-corrected chi connectivity index (χ4v) is 2.09. The maximum Gasteiger partial charge on any atom is 0.171 e. The zero-order chi connectivity index (χ0) is 13.1. The van der Waals surface area contributed by atoms with Crippen molar-refractivity contribution in [2.75, 3.05) is 0 Å². The Morgan fingerprint density at radius 2 is 1.84 bits per heavy atom. The number of hydrogen-bond acceptors (Lipinski definition) is 3. The summed E-state index contributed by atoms with van der Waals surface area (Å²) < 4.78 is 5.71. The Labute approximate surface area is 115 Å². The van der Waals surface area contributed by atoms with Crippen LogP contribution in [0.25, 0.3) is 10.9 Å². The first kappa shape index (κ1) is 11.9. The van der Waals surface area contributed by atoms with Crippen molar-refractivity contribution in [1.29, 1.82) is 0 Å². The number of para-hydroxylation sites is 1. The number of ether oxygens (including phenoxy) is 1. The molecule has 0 aliphatic heterocycles. The molecule has 0 bridgehead atoms. The molecule has 4 heteroatoms. The second kappa shape index (κ2) is 5.24. The first-order chi connectivity index (χ1) is 9.34. The number of fused-ring (bicyclic) bond motifs is 1. The van der Waals surface area contributed by atoms with Crippen molar-refractivity contribution < 1.29 is 4.74 Å². The first-order valence-electron chi connectivity index (χ1n) is 5.90. The van der Waals surface area contributed by atoms with Crippen molar-refractivity contribution in [1.82, 2.24) is 9.97 Å². The Morgan fingerprint density at radius 1 is 0.947 bits per heavy atom. The minimum atomic E-state index is 0.376. The van der Waals surface area contributed by atoms with E-state index in [4.69, 9.17) is 16.3 Å². The van der Waals surface area contributed by atoms with Crippen molar-refractivity contribution >= 4 is 22.5 Å². The Balaban J connectivity index is 1.88. The van der Waals surface area contributed by atoms with Crippen molar-refractivity contribution in [2.24, 2.45) is 0 Å². The second-order valence-corrected chi connectivity index (χ2v) is 4.43. The third-order valence-corrected chi connectivity index (χ3v) is 3.13. The van der Waals surface area contributed by atoms with Gasteiger partial charge >= 0.3 is 0 Å². The second-order valence-electron chi connectivity index (χ2n) is 4.07. The zero-order valence-corrected chi connectivity index (χ0v) is 10.8. The first-order valence-corrected chi connectivity index (χ1v) is 6.28. The fourth-order valence-electron chi connectivity index (χ4n) is 1.92. The number of aromatic nitrogens is 2. The van der Waals surface area contributed by atoms with E-state index >= 15 is 0 Å².